The van der Waals surface area contributed by atoms with Gasteiger partial charge in [-0.25, -0.2) is 15.2 Å². The number of nitrogens with zero attached hydrogens (tertiary/aromatic N) is 4. The van der Waals surface area contributed by atoms with E-state index in [0.717, 1.165) is 62.0 Å². The van der Waals surface area contributed by atoms with Crippen LogP contribution in [0.15, 0.2) is 30.6 Å². The first-order valence-corrected chi connectivity index (χ1v) is 11.3. The number of nitrogens with one attached hydrogen (secondary N) is 1. The average molecular weight is 444 g/mol. The molecule has 1 N–H and O–H groups in total. The van der Waals surface area contributed by atoms with Gasteiger partial charge in [-0.1, -0.05) is 11.6 Å². The number of hydrogen-bond acceptors (Lipinski definition) is 6. The lowest BCUT2D eigenvalue weighted by Crippen LogP contribution is -2.42. The predicted octanol–water partition coefficient (Wildman–Crippen LogP) is 4.48. The molecule has 0 aromatic carbocycles. The molecule has 0 atom stereocenters. The fraction of sp³-hybridized carbons (Fsp3) is 0.522. The third-order valence-electron chi connectivity index (χ3n) is 5.70. The number of carbonyl (C=O) groups excluding carboxylic acids is 1. The Balaban J connectivity index is 1.28. The fourth-order valence-corrected chi connectivity index (χ4v) is 4.15. The fourth-order valence-electron chi connectivity index (χ4n) is 4.00. The van der Waals surface area contributed by atoms with Gasteiger partial charge in [0.05, 0.1) is 11.0 Å². The molecule has 166 valence electrons. The first-order chi connectivity index (χ1) is 14.8. The summed E-state index contributed by atoms with van der Waals surface area (Å²) in [6.07, 6.45) is 6.98. The topological polar surface area (TPSA) is 70.6 Å². The van der Waals surface area contributed by atoms with Gasteiger partial charge in [-0.3, -0.25) is 4.98 Å². The number of hydrogen-bond donors (Lipinski definition) is 1. The normalized spacial score (nSPS) is 17.9. The van der Waals surface area contributed by atoms with Crippen molar-refractivity contribution >= 4 is 34.3 Å². The van der Waals surface area contributed by atoms with Crippen LogP contribution in [0.25, 0.3) is 16.6 Å². The second kappa shape index (κ2) is 9.01. The maximum absolute atomic E-state index is 12.2. The Labute approximate surface area is 188 Å². The maximum Gasteiger partial charge on any atom is 0.410 e. The van der Waals surface area contributed by atoms with E-state index >= 15 is 0 Å². The minimum Gasteiger partial charge on any atom is -0.444 e. The van der Waals surface area contributed by atoms with E-state index in [1.807, 2.05) is 44.0 Å². The van der Waals surface area contributed by atoms with E-state index in [-0.39, 0.29) is 6.09 Å². The van der Waals surface area contributed by atoms with Gasteiger partial charge >= 0.3 is 6.09 Å². The van der Waals surface area contributed by atoms with Crippen LogP contribution in [-0.2, 0) is 4.74 Å². The molecular weight excluding hydrogens is 414 g/mol. The van der Waals surface area contributed by atoms with Crippen molar-refractivity contribution in [1.82, 2.24) is 25.3 Å². The van der Waals surface area contributed by atoms with Gasteiger partial charge in [0.1, 0.15) is 10.8 Å². The molecule has 0 bridgehead atoms. The Morgan fingerprint density at radius 2 is 2.03 bits per heavy atom. The van der Waals surface area contributed by atoms with Crippen molar-refractivity contribution in [2.24, 2.45) is 5.92 Å². The van der Waals surface area contributed by atoms with E-state index in [0.29, 0.717) is 11.1 Å². The summed E-state index contributed by atoms with van der Waals surface area (Å²) in [5, 5.41) is 2.63. The van der Waals surface area contributed by atoms with E-state index in [2.05, 4.69) is 26.6 Å². The number of piperidine rings is 1. The molecule has 4 rings (SSSR count). The summed E-state index contributed by atoms with van der Waals surface area (Å²) in [5.41, 5.74) is 6.89. The summed E-state index contributed by atoms with van der Waals surface area (Å²) in [4.78, 5) is 22.9. The molecule has 0 radical (unpaired) electrons. The van der Waals surface area contributed by atoms with E-state index < -0.39 is 5.60 Å². The van der Waals surface area contributed by atoms with Crippen molar-refractivity contribution in [3.63, 3.8) is 0 Å². The quantitative estimate of drug-likeness (QED) is 0.702. The van der Waals surface area contributed by atoms with Gasteiger partial charge in [0, 0.05) is 44.1 Å². The SMILES string of the molecule is CC(C)(C)OC(=O)N1CCC(CCN2C=C(c3cnc4ccc(Cl)nc4c3)CN2)CC1. The van der Waals surface area contributed by atoms with Gasteiger partial charge in [0.25, 0.3) is 0 Å². The smallest absolute Gasteiger partial charge is 0.410 e. The summed E-state index contributed by atoms with van der Waals surface area (Å²) in [5.74, 6) is 0.617. The highest BCUT2D eigenvalue weighted by atomic mass is 35.5. The maximum atomic E-state index is 12.2. The second-order valence-corrected chi connectivity index (χ2v) is 9.67. The first-order valence-electron chi connectivity index (χ1n) is 10.9. The highest BCUT2D eigenvalue weighted by molar-refractivity contribution is 6.29. The van der Waals surface area contributed by atoms with Crippen molar-refractivity contribution in [3.8, 4) is 0 Å². The third kappa shape index (κ3) is 5.66. The Kier molecular flexibility index (Phi) is 6.34. The molecule has 8 heteroatoms. The van der Waals surface area contributed by atoms with Crippen molar-refractivity contribution in [1.29, 1.82) is 0 Å². The summed E-state index contributed by atoms with van der Waals surface area (Å²) in [7, 11) is 0. The number of aromatic nitrogens is 2. The van der Waals surface area contributed by atoms with Crippen molar-refractivity contribution in [2.75, 3.05) is 26.2 Å². The van der Waals surface area contributed by atoms with Crippen LogP contribution in [0, 0.1) is 5.92 Å². The largest absolute Gasteiger partial charge is 0.444 e. The Hall–Kier alpha value is -2.38. The van der Waals surface area contributed by atoms with Crippen LogP contribution in [0.5, 0.6) is 0 Å². The number of pyridine rings is 2. The van der Waals surface area contributed by atoms with Gasteiger partial charge in [0.2, 0.25) is 0 Å². The van der Waals surface area contributed by atoms with Gasteiger partial charge in [-0.2, -0.15) is 0 Å². The van der Waals surface area contributed by atoms with E-state index in [1.165, 1.54) is 5.57 Å². The number of carbonyl (C=O) groups is 1. The van der Waals surface area contributed by atoms with Crippen LogP contribution in [0.2, 0.25) is 5.15 Å². The molecule has 2 aliphatic heterocycles. The number of hydrazine groups is 1. The molecule has 2 aliphatic rings. The van der Waals surface area contributed by atoms with E-state index in [9.17, 15) is 4.79 Å². The summed E-state index contributed by atoms with van der Waals surface area (Å²) >= 11 is 6.02. The van der Waals surface area contributed by atoms with Gasteiger partial charge in [0.15, 0.2) is 0 Å². The molecule has 1 fully saturated rings. The minimum atomic E-state index is -0.442. The zero-order valence-corrected chi connectivity index (χ0v) is 19.2. The average Bonchev–Trinajstić information content (AvgIpc) is 3.20. The lowest BCUT2D eigenvalue weighted by Gasteiger charge is -2.34. The van der Waals surface area contributed by atoms with Crippen molar-refractivity contribution in [2.45, 2.75) is 45.6 Å². The number of likely N-dealkylation sites (tertiary alicyclic amines) is 1. The third-order valence-corrected chi connectivity index (χ3v) is 5.91. The Morgan fingerprint density at radius 1 is 1.26 bits per heavy atom. The summed E-state index contributed by atoms with van der Waals surface area (Å²) < 4.78 is 5.48. The van der Waals surface area contributed by atoms with Crippen LogP contribution in [0.3, 0.4) is 0 Å². The number of ether oxygens (including phenoxy) is 1. The zero-order chi connectivity index (χ0) is 22.0. The summed E-state index contributed by atoms with van der Waals surface area (Å²) in [6, 6.07) is 5.68. The van der Waals surface area contributed by atoms with Crippen molar-refractivity contribution in [3.05, 3.63) is 41.3 Å². The number of halogens is 1. The monoisotopic (exact) mass is 443 g/mol. The summed E-state index contributed by atoms with van der Waals surface area (Å²) in [6.45, 7) is 8.96. The minimum absolute atomic E-state index is 0.195. The highest BCUT2D eigenvalue weighted by Crippen LogP contribution is 2.25. The lowest BCUT2D eigenvalue weighted by molar-refractivity contribution is 0.0178. The second-order valence-electron chi connectivity index (χ2n) is 9.28. The molecule has 0 saturated carbocycles. The number of amides is 1. The molecule has 2 aromatic rings. The van der Waals surface area contributed by atoms with Crippen LogP contribution >= 0.6 is 11.6 Å². The molecule has 7 nitrogen and oxygen atoms in total. The van der Waals surface area contributed by atoms with Crippen LogP contribution in [0.1, 0.15) is 45.6 Å². The molecule has 31 heavy (non-hydrogen) atoms. The Morgan fingerprint density at radius 3 is 2.77 bits per heavy atom. The van der Waals surface area contributed by atoms with E-state index in [1.54, 1.807) is 6.07 Å². The molecule has 1 amide bonds. The molecule has 0 aliphatic carbocycles. The molecule has 4 heterocycles. The number of rotatable bonds is 4. The molecule has 0 unspecified atom stereocenters. The van der Waals surface area contributed by atoms with Crippen LogP contribution < -0.4 is 5.43 Å². The standard InChI is InChI=1S/C23H30ClN5O2/c1-23(2,3)31-22(30)28-9-6-16(7-10-28)8-11-29-15-18(14-26-29)17-12-20-19(25-13-17)4-5-21(24)27-20/h4-5,12-13,15-16,26H,6-11,14H2,1-3H3. The molecule has 2 aromatic heterocycles. The van der Waals surface area contributed by atoms with Crippen LogP contribution in [0.4, 0.5) is 4.79 Å². The zero-order valence-electron chi connectivity index (χ0n) is 18.4. The van der Waals surface area contributed by atoms with E-state index in [4.69, 9.17) is 16.3 Å². The lowest BCUT2D eigenvalue weighted by atomic mass is 9.94. The van der Waals surface area contributed by atoms with Crippen molar-refractivity contribution < 1.29 is 9.53 Å². The number of fused-ring (bicyclic) bond motifs is 1. The van der Waals surface area contributed by atoms with Gasteiger partial charge in [-0.15, -0.1) is 0 Å². The predicted molar refractivity (Wildman–Crippen MR) is 122 cm³/mol. The first kappa shape index (κ1) is 21.8. The molecule has 1 saturated heterocycles. The highest BCUT2D eigenvalue weighted by Gasteiger charge is 2.27. The Bertz CT molecular complexity index is 980. The van der Waals surface area contributed by atoms with Gasteiger partial charge in [-0.05, 0) is 69.7 Å². The molecule has 0 spiro atoms. The molecular formula is C23H30ClN5O2. The van der Waals surface area contributed by atoms with Crippen LogP contribution in [-0.4, -0.2) is 57.8 Å². The van der Waals surface area contributed by atoms with Gasteiger partial charge < -0.3 is 14.6 Å².